The molecule has 1 aliphatic carbocycles. The van der Waals surface area contributed by atoms with Crippen LogP contribution in [-0.4, -0.2) is 61.3 Å². The molecule has 2 fully saturated rings. The van der Waals surface area contributed by atoms with E-state index in [2.05, 4.69) is 16.0 Å². The lowest BCUT2D eigenvalue weighted by atomic mass is 10.00. The third-order valence-corrected chi connectivity index (χ3v) is 8.11. The van der Waals surface area contributed by atoms with Gasteiger partial charge in [-0.1, -0.05) is 13.8 Å². The Bertz CT molecular complexity index is 1710. The van der Waals surface area contributed by atoms with E-state index in [0.29, 0.717) is 42.7 Å². The molecular weight excluding hydrogens is 523 g/mol. The van der Waals surface area contributed by atoms with Crippen molar-refractivity contribution in [2.45, 2.75) is 58.4 Å². The summed E-state index contributed by atoms with van der Waals surface area (Å²) in [5, 5.41) is 10.3. The van der Waals surface area contributed by atoms with Gasteiger partial charge in [0.15, 0.2) is 5.65 Å². The number of aromatic nitrogens is 4. The van der Waals surface area contributed by atoms with Crippen LogP contribution in [0.4, 0.5) is 15.0 Å². The van der Waals surface area contributed by atoms with E-state index in [1.165, 1.54) is 17.0 Å². The highest BCUT2D eigenvalue weighted by Crippen LogP contribution is 2.46. The van der Waals surface area contributed by atoms with Crippen molar-refractivity contribution in [3.8, 4) is 16.9 Å². The molecule has 9 nitrogen and oxygen atoms in total. The molecule has 1 atom stereocenters. The third kappa shape index (κ3) is 4.81. The van der Waals surface area contributed by atoms with Crippen molar-refractivity contribution < 1.29 is 14.3 Å². The summed E-state index contributed by atoms with van der Waals surface area (Å²) in [4.78, 5) is 43.5. The standard InChI is InChI=1S/C31H33FN6O3/c1-17(2)25-27(18(3)11-12-33-25)38-29-24(28(35-30(38)39)37-14-13-36(31(40)41)16-19(37)4)15-23(20-5-6-20)26(34-29)21-7-9-22(32)10-8-21/h7-12,15,17,19-20H,5-6,13-14,16H2,1-4H3,(H,40,41). The maximum atomic E-state index is 14.0. The summed E-state index contributed by atoms with van der Waals surface area (Å²) in [5.41, 5.74) is 4.83. The Morgan fingerprint density at radius 3 is 2.46 bits per heavy atom. The summed E-state index contributed by atoms with van der Waals surface area (Å²) in [7, 11) is 0. The summed E-state index contributed by atoms with van der Waals surface area (Å²) >= 11 is 0. The zero-order valence-electron chi connectivity index (χ0n) is 23.6. The van der Waals surface area contributed by atoms with E-state index in [0.717, 1.165) is 46.3 Å². The monoisotopic (exact) mass is 556 g/mol. The molecule has 1 unspecified atom stereocenters. The van der Waals surface area contributed by atoms with E-state index >= 15 is 0 Å². The lowest BCUT2D eigenvalue weighted by Gasteiger charge is -2.39. The minimum atomic E-state index is -0.959. The van der Waals surface area contributed by atoms with E-state index in [1.807, 2.05) is 38.7 Å². The van der Waals surface area contributed by atoms with Gasteiger partial charge in [0.05, 0.1) is 22.5 Å². The van der Waals surface area contributed by atoms with Crippen molar-refractivity contribution in [1.29, 1.82) is 0 Å². The molecule has 1 amide bonds. The fourth-order valence-electron chi connectivity index (χ4n) is 5.84. The van der Waals surface area contributed by atoms with Gasteiger partial charge in [0.25, 0.3) is 0 Å². The highest BCUT2D eigenvalue weighted by atomic mass is 19.1. The van der Waals surface area contributed by atoms with Crippen LogP contribution in [0.2, 0.25) is 0 Å². The number of hydrogen-bond acceptors (Lipinski definition) is 6. The number of fused-ring (bicyclic) bond motifs is 1. The summed E-state index contributed by atoms with van der Waals surface area (Å²) in [5.74, 6) is 0.533. The van der Waals surface area contributed by atoms with Gasteiger partial charge in [-0.3, -0.25) is 4.98 Å². The van der Waals surface area contributed by atoms with E-state index < -0.39 is 11.8 Å². The highest BCUT2D eigenvalue weighted by Gasteiger charge is 2.33. The molecule has 10 heteroatoms. The first kappa shape index (κ1) is 26.9. The number of hydrogen-bond donors (Lipinski definition) is 1. The Labute approximate surface area is 237 Å². The quantitative estimate of drug-likeness (QED) is 0.347. The number of anilines is 1. The van der Waals surface area contributed by atoms with Crippen LogP contribution in [-0.2, 0) is 0 Å². The number of carbonyl (C=O) groups is 1. The normalized spacial score (nSPS) is 17.5. The van der Waals surface area contributed by atoms with Crippen molar-refractivity contribution in [1.82, 2.24) is 24.4 Å². The van der Waals surface area contributed by atoms with Gasteiger partial charge in [0, 0.05) is 37.4 Å². The highest BCUT2D eigenvalue weighted by molar-refractivity contribution is 5.92. The van der Waals surface area contributed by atoms with Gasteiger partial charge in [0.1, 0.15) is 11.6 Å². The largest absolute Gasteiger partial charge is 0.465 e. The number of halogens is 1. The first-order valence-corrected chi connectivity index (χ1v) is 14.1. The summed E-state index contributed by atoms with van der Waals surface area (Å²) in [6, 6.07) is 10.1. The molecule has 212 valence electrons. The second-order valence-electron chi connectivity index (χ2n) is 11.4. The van der Waals surface area contributed by atoms with Crippen LogP contribution >= 0.6 is 0 Å². The molecule has 4 aromatic rings. The van der Waals surface area contributed by atoms with Gasteiger partial charge >= 0.3 is 11.8 Å². The molecule has 6 rings (SSSR count). The molecule has 3 aromatic heterocycles. The van der Waals surface area contributed by atoms with Gasteiger partial charge in [0.2, 0.25) is 0 Å². The van der Waals surface area contributed by atoms with Crippen molar-refractivity contribution in [3.05, 3.63) is 75.7 Å². The number of rotatable bonds is 5. The van der Waals surface area contributed by atoms with Gasteiger partial charge in [-0.2, -0.15) is 4.98 Å². The Hall–Kier alpha value is -4.34. The zero-order valence-corrected chi connectivity index (χ0v) is 23.6. The lowest BCUT2D eigenvalue weighted by molar-refractivity contribution is 0.136. The van der Waals surface area contributed by atoms with Crippen LogP contribution in [0.1, 0.15) is 62.3 Å². The molecule has 0 radical (unpaired) electrons. The molecule has 41 heavy (non-hydrogen) atoms. The predicted molar refractivity (Wildman–Crippen MR) is 156 cm³/mol. The summed E-state index contributed by atoms with van der Waals surface area (Å²) in [6.45, 7) is 8.97. The Morgan fingerprint density at radius 1 is 1.10 bits per heavy atom. The van der Waals surface area contributed by atoms with E-state index in [4.69, 9.17) is 4.98 Å². The minimum absolute atomic E-state index is 0.0398. The van der Waals surface area contributed by atoms with Gasteiger partial charge in [-0.05, 0) is 86.1 Å². The van der Waals surface area contributed by atoms with Crippen LogP contribution in [0.5, 0.6) is 0 Å². The number of nitrogens with zero attached hydrogens (tertiary/aromatic N) is 6. The average Bonchev–Trinajstić information content (AvgIpc) is 3.78. The Kier molecular flexibility index (Phi) is 6.71. The predicted octanol–water partition coefficient (Wildman–Crippen LogP) is 5.48. The number of amides is 1. The van der Waals surface area contributed by atoms with Gasteiger partial charge in [-0.15, -0.1) is 0 Å². The van der Waals surface area contributed by atoms with E-state index in [1.54, 1.807) is 22.9 Å². The molecule has 1 saturated heterocycles. The van der Waals surface area contributed by atoms with Crippen molar-refractivity contribution >= 4 is 22.9 Å². The van der Waals surface area contributed by atoms with E-state index in [9.17, 15) is 19.1 Å². The number of carboxylic acid groups (broad SMARTS) is 1. The molecule has 0 bridgehead atoms. The van der Waals surface area contributed by atoms with Crippen LogP contribution in [0.3, 0.4) is 0 Å². The summed E-state index contributed by atoms with van der Waals surface area (Å²) < 4.78 is 15.4. The smallest absolute Gasteiger partial charge is 0.407 e. The molecule has 1 aliphatic heterocycles. The first-order valence-electron chi connectivity index (χ1n) is 14.1. The number of pyridine rings is 2. The third-order valence-electron chi connectivity index (χ3n) is 8.11. The topological polar surface area (TPSA) is 104 Å². The second-order valence-corrected chi connectivity index (χ2v) is 11.4. The van der Waals surface area contributed by atoms with Crippen molar-refractivity contribution in [3.63, 3.8) is 0 Å². The fourth-order valence-corrected chi connectivity index (χ4v) is 5.84. The van der Waals surface area contributed by atoms with E-state index in [-0.39, 0.29) is 17.8 Å². The first-order chi connectivity index (χ1) is 19.6. The van der Waals surface area contributed by atoms with Crippen molar-refractivity contribution in [2.75, 3.05) is 24.5 Å². The number of aryl methyl sites for hydroxylation is 1. The molecular formula is C31H33FN6O3. The summed E-state index contributed by atoms with van der Waals surface area (Å²) in [6.07, 6.45) is 2.84. The molecule has 4 heterocycles. The van der Waals surface area contributed by atoms with Crippen LogP contribution < -0.4 is 10.6 Å². The molecule has 0 spiro atoms. The Balaban J connectivity index is 1.66. The van der Waals surface area contributed by atoms with Crippen LogP contribution in [0, 0.1) is 12.7 Å². The van der Waals surface area contributed by atoms with Crippen LogP contribution in [0.15, 0.2) is 47.4 Å². The van der Waals surface area contributed by atoms with Gasteiger partial charge < -0.3 is 14.9 Å². The minimum Gasteiger partial charge on any atom is -0.465 e. The Morgan fingerprint density at radius 2 is 1.83 bits per heavy atom. The maximum Gasteiger partial charge on any atom is 0.407 e. The van der Waals surface area contributed by atoms with Crippen LogP contribution in [0.25, 0.3) is 28.0 Å². The molecule has 1 saturated carbocycles. The van der Waals surface area contributed by atoms with Crippen molar-refractivity contribution in [2.24, 2.45) is 0 Å². The van der Waals surface area contributed by atoms with Gasteiger partial charge in [-0.25, -0.2) is 23.5 Å². The average molecular weight is 557 g/mol. The second kappa shape index (κ2) is 10.2. The number of piperazine rings is 1. The zero-order chi connectivity index (χ0) is 29.0. The fraction of sp³-hybridized carbons (Fsp3) is 0.387. The molecule has 2 aliphatic rings. The molecule has 1 N–H and O–H groups in total. The lowest BCUT2D eigenvalue weighted by Crippen LogP contribution is -2.54. The maximum absolute atomic E-state index is 14.0. The SMILES string of the molecule is Cc1ccnc(C(C)C)c1-n1c(=O)nc(N2CCN(C(=O)O)CC2C)c2cc(C3CC3)c(-c3ccc(F)cc3)nc21. The molecule has 1 aromatic carbocycles. The number of benzene rings is 1.